The lowest BCUT2D eigenvalue weighted by Gasteiger charge is -2.11. The van der Waals surface area contributed by atoms with Crippen molar-refractivity contribution in [3.05, 3.63) is 102 Å². The van der Waals surface area contributed by atoms with E-state index >= 15 is 0 Å². The third kappa shape index (κ3) is 5.69. The van der Waals surface area contributed by atoms with Crippen LogP contribution in [0.25, 0.3) is 34.0 Å². The first-order valence-electron chi connectivity index (χ1n) is 13.2. The summed E-state index contributed by atoms with van der Waals surface area (Å²) in [5.41, 5.74) is 5.81. The van der Waals surface area contributed by atoms with E-state index in [4.69, 9.17) is 14.5 Å². The van der Waals surface area contributed by atoms with Gasteiger partial charge in [-0.25, -0.2) is 0 Å². The molecule has 0 saturated heterocycles. The maximum absolute atomic E-state index is 6.08. The van der Waals surface area contributed by atoms with Gasteiger partial charge in [0.05, 0.1) is 30.4 Å². The quantitative estimate of drug-likeness (QED) is 0.175. The first kappa shape index (κ1) is 24.6. The number of nitrogens with zero attached hydrogens (tertiary/aromatic N) is 2. The van der Waals surface area contributed by atoms with Crippen LogP contribution in [0.3, 0.4) is 0 Å². The highest BCUT2D eigenvalue weighted by molar-refractivity contribution is 6.10. The van der Waals surface area contributed by atoms with Gasteiger partial charge in [0.2, 0.25) is 0 Å². The fourth-order valence-corrected chi connectivity index (χ4v) is 4.81. The van der Waals surface area contributed by atoms with Crippen LogP contribution in [0.2, 0.25) is 0 Å². The summed E-state index contributed by atoms with van der Waals surface area (Å²) in [4.78, 5) is 4.80. The molecule has 0 amide bonds. The Morgan fingerprint density at radius 3 is 2.43 bits per heavy atom. The van der Waals surface area contributed by atoms with Crippen LogP contribution >= 0.6 is 0 Å². The Bertz CT molecular complexity index is 1480. The largest absolute Gasteiger partial charge is 0.497 e. The molecule has 0 atom stereocenters. The predicted molar refractivity (Wildman–Crippen MR) is 154 cm³/mol. The van der Waals surface area contributed by atoms with E-state index in [1.165, 1.54) is 27.4 Å². The van der Waals surface area contributed by atoms with E-state index < -0.39 is 0 Å². The lowest BCUT2D eigenvalue weighted by molar-refractivity contribution is 0.309. The molecule has 0 N–H and O–H groups in total. The molecule has 0 aliphatic heterocycles. The third-order valence-corrected chi connectivity index (χ3v) is 6.78. The van der Waals surface area contributed by atoms with E-state index in [1.54, 1.807) is 7.11 Å². The topological polar surface area (TPSA) is 36.3 Å². The maximum atomic E-state index is 6.08. The van der Waals surface area contributed by atoms with Gasteiger partial charge in [0, 0.05) is 29.6 Å². The molecule has 0 aliphatic carbocycles. The van der Waals surface area contributed by atoms with Gasteiger partial charge in [-0.15, -0.1) is 0 Å². The molecule has 0 fully saturated rings. The molecule has 0 radical (unpaired) electrons. The highest BCUT2D eigenvalue weighted by Crippen LogP contribution is 2.34. The number of ether oxygens (including phenoxy) is 2. The summed E-state index contributed by atoms with van der Waals surface area (Å²) < 4.78 is 13.8. The first-order chi connectivity index (χ1) is 18.3. The van der Waals surface area contributed by atoms with Gasteiger partial charge in [0.25, 0.3) is 0 Å². The van der Waals surface area contributed by atoms with Crippen LogP contribution in [0.5, 0.6) is 11.5 Å². The zero-order valence-corrected chi connectivity index (χ0v) is 21.7. The minimum absolute atomic E-state index is 0.744. The van der Waals surface area contributed by atoms with Crippen molar-refractivity contribution in [1.29, 1.82) is 0 Å². The third-order valence-electron chi connectivity index (χ3n) is 6.78. The molecule has 5 aromatic rings. The Balaban J connectivity index is 1.54. The number of pyridine rings is 1. The molecule has 4 nitrogen and oxygen atoms in total. The van der Waals surface area contributed by atoms with Gasteiger partial charge in [-0.3, -0.25) is 4.98 Å². The monoisotopic (exact) mass is 490 g/mol. The second-order valence-electron chi connectivity index (χ2n) is 9.32. The van der Waals surface area contributed by atoms with E-state index in [0.717, 1.165) is 61.6 Å². The fraction of sp³-hybridized carbons (Fsp3) is 0.242. The van der Waals surface area contributed by atoms with E-state index in [-0.39, 0.29) is 0 Å². The summed E-state index contributed by atoms with van der Waals surface area (Å²) in [7, 11) is 1.69. The van der Waals surface area contributed by atoms with Crippen molar-refractivity contribution in [2.24, 2.45) is 0 Å². The zero-order chi connectivity index (χ0) is 25.5. The van der Waals surface area contributed by atoms with Crippen LogP contribution in [0.1, 0.15) is 43.0 Å². The number of benzene rings is 3. The molecule has 0 spiro atoms. The second-order valence-corrected chi connectivity index (χ2v) is 9.32. The molecular weight excluding hydrogens is 456 g/mol. The molecule has 2 heterocycles. The molecule has 37 heavy (non-hydrogen) atoms. The van der Waals surface area contributed by atoms with Crippen molar-refractivity contribution in [3.8, 4) is 11.5 Å². The lowest BCUT2D eigenvalue weighted by Crippen LogP contribution is -2.02. The van der Waals surface area contributed by atoms with Gasteiger partial charge >= 0.3 is 0 Å². The summed E-state index contributed by atoms with van der Waals surface area (Å²) in [5, 5.41) is 2.46. The highest BCUT2D eigenvalue weighted by atomic mass is 16.5. The fourth-order valence-electron chi connectivity index (χ4n) is 4.81. The minimum atomic E-state index is 0.744. The number of aromatic nitrogens is 2. The number of rotatable bonds is 11. The first-order valence-corrected chi connectivity index (χ1v) is 13.2. The summed E-state index contributed by atoms with van der Waals surface area (Å²) in [6.45, 7) is 3.83. The highest BCUT2D eigenvalue weighted by Gasteiger charge is 2.15. The van der Waals surface area contributed by atoms with E-state index in [1.807, 2.05) is 18.3 Å². The molecule has 3 aromatic carbocycles. The molecule has 0 bridgehead atoms. The molecule has 0 saturated carbocycles. The van der Waals surface area contributed by atoms with Gasteiger partial charge in [0.15, 0.2) is 0 Å². The Hall–Kier alpha value is -4.05. The molecule has 0 aliphatic rings. The average Bonchev–Trinajstić information content (AvgIpc) is 3.26. The molecule has 2 aromatic heterocycles. The Labute approximate surface area is 219 Å². The van der Waals surface area contributed by atoms with Gasteiger partial charge in [0.1, 0.15) is 11.5 Å². The molecular formula is C33H34N2O2. The Morgan fingerprint density at radius 1 is 0.838 bits per heavy atom. The van der Waals surface area contributed by atoms with Crippen LogP contribution in [0.4, 0.5) is 0 Å². The van der Waals surface area contributed by atoms with Crippen molar-refractivity contribution in [1.82, 2.24) is 9.55 Å². The molecule has 5 rings (SSSR count). The van der Waals surface area contributed by atoms with E-state index in [0.29, 0.717) is 0 Å². The summed E-state index contributed by atoms with van der Waals surface area (Å²) >= 11 is 0. The Kier molecular flexibility index (Phi) is 7.85. The number of methoxy groups -OCH3 is 1. The predicted octanol–water partition coefficient (Wildman–Crippen LogP) is 8.18. The van der Waals surface area contributed by atoms with E-state index in [2.05, 4.69) is 90.4 Å². The van der Waals surface area contributed by atoms with Gasteiger partial charge in [-0.2, -0.15) is 0 Å². The van der Waals surface area contributed by atoms with Crippen LogP contribution in [-0.2, 0) is 13.0 Å². The number of unbranched alkanes of at least 4 members (excludes halogenated alkanes) is 1. The number of aryl methyl sites for hydroxylation is 2. The van der Waals surface area contributed by atoms with Crippen molar-refractivity contribution in [2.75, 3.05) is 13.7 Å². The standard InChI is InChI=1S/C33H34N2O2/c1-3-4-23-37-28-17-18-29-30-20-21-34-31(19-14-26-12-15-27(36-2)16-13-26)33(30)35(32(29)24-28)22-8-11-25-9-6-5-7-10-25/h5-7,9-10,12-21,24H,3-4,8,11,22-23H2,1-2H3/b19-14+. The second kappa shape index (κ2) is 11.8. The maximum Gasteiger partial charge on any atom is 0.121 e. The van der Waals surface area contributed by atoms with Gasteiger partial charge in [-0.1, -0.05) is 61.9 Å². The number of fused-ring (bicyclic) bond motifs is 3. The van der Waals surface area contributed by atoms with Crippen LogP contribution in [0, 0.1) is 0 Å². The van der Waals surface area contributed by atoms with E-state index in [9.17, 15) is 0 Å². The summed E-state index contributed by atoms with van der Waals surface area (Å²) in [6.07, 6.45) is 10.4. The van der Waals surface area contributed by atoms with Crippen LogP contribution in [-0.4, -0.2) is 23.3 Å². The number of hydrogen-bond donors (Lipinski definition) is 0. The van der Waals surface area contributed by atoms with Crippen molar-refractivity contribution in [2.45, 2.75) is 39.2 Å². The van der Waals surface area contributed by atoms with Crippen molar-refractivity contribution < 1.29 is 9.47 Å². The Morgan fingerprint density at radius 2 is 1.65 bits per heavy atom. The summed E-state index contributed by atoms with van der Waals surface area (Å²) in [5.74, 6) is 1.78. The summed E-state index contributed by atoms with van der Waals surface area (Å²) in [6, 6.07) is 27.4. The smallest absolute Gasteiger partial charge is 0.121 e. The lowest BCUT2D eigenvalue weighted by atomic mass is 10.1. The van der Waals surface area contributed by atoms with Crippen molar-refractivity contribution >= 4 is 34.0 Å². The number of hydrogen-bond acceptors (Lipinski definition) is 3. The van der Waals surface area contributed by atoms with Crippen LogP contribution < -0.4 is 9.47 Å². The minimum Gasteiger partial charge on any atom is -0.497 e. The molecule has 4 heteroatoms. The normalized spacial score (nSPS) is 11.5. The van der Waals surface area contributed by atoms with Crippen molar-refractivity contribution in [3.63, 3.8) is 0 Å². The van der Waals surface area contributed by atoms with Crippen LogP contribution in [0.15, 0.2) is 85.1 Å². The molecule has 0 unspecified atom stereocenters. The zero-order valence-electron chi connectivity index (χ0n) is 21.7. The SMILES string of the molecule is CCCCOc1ccc2c3ccnc(/C=C/c4ccc(OC)cc4)c3n(CCCc3ccccc3)c2c1. The van der Waals surface area contributed by atoms with Gasteiger partial charge < -0.3 is 14.0 Å². The van der Waals surface area contributed by atoms with Gasteiger partial charge in [-0.05, 0) is 66.8 Å². The average molecular weight is 491 g/mol. The molecule has 188 valence electrons.